The van der Waals surface area contributed by atoms with Crippen molar-refractivity contribution in [2.75, 3.05) is 6.54 Å². The Kier molecular flexibility index (Phi) is 6.11. The molecule has 1 heterocycles. The lowest BCUT2D eigenvalue weighted by Gasteiger charge is -2.25. The first-order chi connectivity index (χ1) is 8.21. The summed E-state index contributed by atoms with van der Waals surface area (Å²) >= 11 is 0. The first-order valence-electron chi connectivity index (χ1n) is 6.67. The Morgan fingerprint density at radius 2 is 1.94 bits per heavy atom. The van der Waals surface area contributed by atoms with E-state index in [1.54, 1.807) is 0 Å². The molecule has 0 aromatic carbocycles. The Labute approximate surface area is 104 Å². The van der Waals surface area contributed by atoms with Gasteiger partial charge in [-0.2, -0.15) is 4.80 Å². The van der Waals surface area contributed by atoms with E-state index in [4.69, 9.17) is 0 Å². The lowest BCUT2D eigenvalue weighted by molar-refractivity contribution is 0.328. The molecule has 0 radical (unpaired) electrons. The van der Waals surface area contributed by atoms with Crippen LogP contribution < -0.4 is 5.32 Å². The van der Waals surface area contributed by atoms with Crippen LogP contribution in [-0.2, 0) is 13.5 Å². The first kappa shape index (κ1) is 14.1. The normalized spacial score (nSPS) is 13.2. The maximum absolute atomic E-state index is 4.26. The van der Waals surface area contributed by atoms with Gasteiger partial charge in [-0.1, -0.05) is 33.6 Å². The lowest BCUT2D eigenvalue weighted by atomic mass is 9.91. The Hall–Kier alpha value is -0.970. The first-order valence-corrected chi connectivity index (χ1v) is 6.67. The summed E-state index contributed by atoms with van der Waals surface area (Å²) in [5.74, 6) is 1.53. The van der Waals surface area contributed by atoms with Crippen LogP contribution in [0.2, 0.25) is 0 Å². The second-order valence-electron chi connectivity index (χ2n) is 4.54. The third-order valence-corrected chi connectivity index (χ3v) is 3.23. The molecule has 0 aliphatic rings. The van der Waals surface area contributed by atoms with Crippen LogP contribution in [-0.4, -0.2) is 32.8 Å². The minimum Gasteiger partial charge on any atom is -0.313 e. The van der Waals surface area contributed by atoms with Gasteiger partial charge in [-0.15, -0.1) is 10.2 Å². The molecule has 0 fully saturated rings. The van der Waals surface area contributed by atoms with Crippen molar-refractivity contribution in [2.24, 2.45) is 13.0 Å². The smallest absolute Gasteiger partial charge is 0.176 e. The molecular formula is C12H25N5. The fourth-order valence-corrected chi connectivity index (χ4v) is 2.19. The van der Waals surface area contributed by atoms with Gasteiger partial charge in [0.1, 0.15) is 0 Å². The van der Waals surface area contributed by atoms with Crippen molar-refractivity contribution in [2.45, 2.75) is 52.5 Å². The number of nitrogens with one attached hydrogen (secondary N) is 1. The van der Waals surface area contributed by atoms with Crippen LogP contribution in [0.15, 0.2) is 0 Å². The number of nitrogens with zero attached hydrogens (tertiary/aromatic N) is 4. The lowest BCUT2D eigenvalue weighted by Crippen LogP contribution is -2.38. The summed E-state index contributed by atoms with van der Waals surface area (Å²) in [6.45, 7) is 7.75. The third kappa shape index (κ3) is 4.42. The van der Waals surface area contributed by atoms with Gasteiger partial charge in [0.05, 0.1) is 7.05 Å². The number of rotatable bonds is 8. The van der Waals surface area contributed by atoms with Gasteiger partial charge in [0.2, 0.25) is 0 Å². The zero-order valence-corrected chi connectivity index (χ0v) is 11.5. The van der Waals surface area contributed by atoms with E-state index in [0.717, 1.165) is 25.2 Å². The predicted octanol–water partition coefficient (Wildman–Crippen LogP) is 1.56. The molecule has 5 heteroatoms. The highest BCUT2D eigenvalue weighted by molar-refractivity contribution is 4.87. The van der Waals surface area contributed by atoms with E-state index in [1.165, 1.54) is 17.6 Å². The minimum absolute atomic E-state index is 0.467. The van der Waals surface area contributed by atoms with E-state index in [-0.39, 0.29) is 0 Å². The average Bonchev–Trinajstić information content (AvgIpc) is 2.73. The van der Waals surface area contributed by atoms with Crippen molar-refractivity contribution in [3.05, 3.63) is 5.82 Å². The van der Waals surface area contributed by atoms with E-state index in [9.17, 15) is 0 Å². The van der Waals surface area contributed by atoms with Crippen LogP contribution in [0.1, 0.15) is 45.9 Å². The van der Waals surface area contributed by atoms with Crippen LogP contribution in [0, 0.1) is 5.92 Å². The fourth-order valence-electron chi connectivity index (χ4n) is 2.19. The molecule has 5 nitrogen and oxygen atoms in total. The highest BCUT2D eigenvalue weighted by Crippen LogP contribution is 2.15. The number of aryl methyl sites for hydroxylation is 1. The SMILES string of the molecule is CCCNC(Cc1nnn(C)n1)C(CC)CC. The summed E-state index contributed by atoms with van der Waals surface area (Å²) in [6.07, 6.45) is 4.42. The van der Waals surface area contributed by atoms with Crippen LogP contribution in [0.25, 0.3) is 0 Å². The number of hydrogen-bond acceptors (Lipinski definition) is 4. The van der Waals surface area contributed by atoms with E-state index in [1.807, 2.05) is 7.05 Å². The standard InChI is InChI=1S/C12H25N5/c1-5-8-13-11(10(6-2)7-3)9-12-14-16-17(4)15-12/h10-11,13H,5-9H2,1-4H3. The van der Waals surface area contributed by atoms with Crippen LogP contribution in [0.5, 0.6) is 0 Å². The fraction of sp³-hybridized carbons (Fsp3) is 0.917. The maximum atomic E-state index is 4.26. The van der Waals surface area contributed by atoms with Gasteiger partial charge in [-0.25, -0.2) is 0 Å². The largest absolute Gasteiger partial charge is 0.313 e. The van der Waals surface area contributed by atoms with Crippen LogP contribution >= 0.6 is 0 Å². The Bertz CT molecular complexity index is 306. The van der Waals surface area contributed by atoms with Gasteiger partial charge in [0.25, 0.3) is 0 Å². The van der Waals surface area contributed by atoms with Crippen LogP contribution in [0.3, 0.4) is 0 Å². The molecule has 1 N–H and O–H groups in total. The summed E-state index contributed by atoms with van der Waals surface area (Å²) in [5.41, 5.74) is 0. The average molecular weight is 239 g/mol. The molecule has 0 saturated heterocycles. The Morgan fingerprint density at radius 3 is 2.41 bits per heavy atom. The molecule has 17 heavy (non-hydrogen) atoms. The molecule has 0 aliphatic heterocycles. The zero-order chi connectivity index (χ0) is 12.7. The number of hydrogen-bond donors (Lipinski definition) is 1. The van der Waals surface area contributed by atoms with Gasteiger partial charge >= 0.3 is 0 Å². The molecule has 1 aromatic rings. The molecule has 0 amide bonds. The molecule has 0 bridgehead atoms. The van der Waals surface area contributed by atoms with E-state index < -0.39 is 0 Å². The van der Waals surface area contributed by atoms with Crippen molar-refractivity contribution in [3.63, 3.8) is 0 Å². The Balaban J connectivity index is 2.61. The van der Waals surface area contributed by atoms with Gasteiger partial charge in [0.15, 0.2) is 5.82 Å². The van der Waals surface area contributed by atoms with Crippen LogP contribution in [0.4, 0.5) is 0 Å². The number of tetrazole rings is 1. The van der Waals surface area contributed by atoms with Gasteiger partial charge < -0.3 is 5.32 Å². The zero-order valence-electron chi connectivity index (χ0n) is 11.5. The topological polar surface area (TPSA) is 55.6 Å². The molecule has 0 spiro atoms. The Morgan fingerprint density at radius 1 is 1.24 bits per heavy atom. The molecule has 1 unspecified atom stereocenters. The molecule has 0 saturated carbocycles. The van der Waals surface area contributed by atoms with Crippen molar-refractivity contribution in [3.8, 4) is 0 Å². The van der Waals surface area contributed by atoms with Crippen molar-refractivity contribution >= 4 is 0 Å². The second-order valence-corrected chi connectivity index (χ2v) is 4.54. The summed E-state index contributed by atoms with van der Waals surface area (Å²) in [5, 5.41) is 15.8. The molecule has 1 atom stereocenters. The van der Waals surface area contributed by atoms with Gasteiger partial charge in [0, 0.05) is 12.5 Å². The monoisotopic (exact) mass is 239 g/mol. The van der Waals surface area contributed by atoms with E-state index in [2.05, 4.69) is 41.5 Å². The van der Waals surface area contributed by atoms with Gasteiger partial charge in [-0.3, -0.25) is 0 Å². The summed E-state index contributed by atoms with van der Waals surface area (Å²) < 4.78 is 0. The molecular weight excluding hydrogens is 214 g/mol. The highest BCUT2D eigenvalue weighted by Gasteiger charge is 2.20. The minimum atomic E-state index is 0.467. The molecule has 1 rings (SSSR count). The summed E-state index contributed by atoms with van der Waals surface area (Å²) in [6, 6.07) is 0.467. The van der Waals surface area contributed by atoms with E-state index in [0.29, 0.717) is 12.0 Å². The second kappa shape index (κ2) is 7.37. The summed E-state index contributed by atoms with van der Waals surface area (Å²) in [4.78, 5) is 1.53. The molecule has 1 aromatic heterocycles. The summed E-state index contributed by atoms with van der Waals surface area (Å²) in [7, 11) is 1.81. The van der Waals surface area contributed by atoms with Crippen molar-refractivity contribution < 1.29 is 0 Å². The highest BCUT2D eigenvalue weighted by atomic mass is 15.6. The van der Waals surface area contributed by atoms with Gasteiger partial charge in [-0.05, 0) is 24.1 Å². The quantitative estimate of drug-likeness (QED) is 0.748. The molecule has 98 valence electrons. The van der Waals surface area contributed by atoms with Crippen molar-refractivity contribution in [1.29, 1.82) is 0 Å². The number of aromatic nitrogens is 4. The maximum Gasteiger partial charge on any atom is 0.176 e. The molecule has 0 aliphatic carbocycles. The van der Waals surface area contributed by atoms with E-state index >= 15 is 0 Å². The predicted molar refractivity (Wildman–Crippen MR) is 68.7 cm³/mol. The third-order valence-electron chi connectivity index (χ3n) is 3.23. The van der Waals surface area contributed by atoms with Crippen molar-refractivity contribution in [1.82, 2.24) is 25.5 Å².